The van der Waals surface area contributed by atoms with Crippen molar-refractivity contribution in [1.29, 1.82) is 0 Å². The van der Waals surface area contributed by atoms with Gasteiger partial charge in [-0.25, -0.2) is 9.97 Å². The van der Waals surface area contributed by atoms with Gasteiger partial charge in [-0.05, 0) is 42.5 Å². The Morgan fingerprint density at radius 2 is 1.84 bits per heavy atom. The average Bonchev–Trinajstić information content (AvgIpc) is 3.25. The lowest BCUT2D eigenvalue weighted by Crippen LogP contribution is -2.10. The highest BCUT2D eigenvalue weighted by Gasteiger charge is 2.15. The van der Waals surface area contributed by atoms with E-state index in [1.807, 2.05) is 17.7 Å². The zero-order chi connectivity index (χ0) is 21.6. The number of pyridine rings is 1. The van der Waals surface area contributed by atoms with E-state index in [4.69, 9.17) is 16.3 Å². The number of thiophene rings is 1. The van der Waals surface area contributed by atoms with Gasteiger partial charge in [0.15, 0.2) is 5.75 Å². The molecule has 10 heteroatoms. The van der Waals surface area contributed by atoms with E-state index in [1.165, 1.54) is 23.3 Å². The number of aromatic nitrogens is 3. The van der Waals surface area contributed by atoms with Crippen LogP contribution in [0.25, 0.3) is 11.3 Å². The van der Waals surface area contributed by atoms with E-state index in [-0.39, 0.29) is 11.9 Å². The molecule has 0 saturated carbocycles. The number of ether oxygens (including phenoxy) is 1. The quantitative estimate of drug-likeness (QED) is 0.321. The normalized spacial score (nSPS) is 10.5. The Bertz CT molecular complexity index is 1200. The van der Waals surface area contributed by atoms with Gasteiger partial charge in [-0.2, -0.15) is 0 Å². The molecule has 2 N–H and O–H groups in total. The van der Waals surface area contributed by atoms with Gasteiger partial charge in [0.05, 0.1) is 4.88 Å². The zero-order valence-electron chi connectivity index (χ0n) is 16.2. The molecule has 1 amide bonds. The summed E-state index contributed by atoms with van der Waals surface area (Å²) in [5.41, 5.74) is 2.77. The van der Waals surface area contributed by atoms with Crippen molar-refractivity contribution < 1.29 is 9.53 Å². The molecular weight excluding hydrogens is 454 g/mol. The van der Waals surface area contributed by atoms with Crippen LogP contribution < -0.4 is 14.8 Å². The second kappa shape index (κ2) is 9.78. The summed E-state index contributed by atoms with van der Waals surface area (Å²) in [4.78, 5) is 25.9. The minimum absolute atomic E-state index is 0.223. The van der Waals surface area contributed by atoms with Crippen molar-refractivity contribution in [3.05, 3.63) is 76.3 Å². The number of nitrogens with zero attached hydrogens (tertiary/aromatic N) is 3. The third-order valence-electron chi connectivity index (χ3n) is 3.99. The molecule has 31 heavy (non-hydrogen) atoms. The molecule has 0 atom stereocenters. The second-order valence-electron chi connectivity index (χ2n) is 6.17. The summed E-state index contributed by atoms with van der Waals surface area (Å²) < 4.78 is 8.88. The third kappa shape index (κ3) is 5.32. The van der Waals surface area contributed by atoms with Gasteiger partial charge in [-0.3, -0.25) is 9.78 Å². The first-order chi connectivity index (χ1) is 15.1. The maximum Gasteiger partial charge on any atom is 0.321 e. The lowest BCUT2D eigenvalue weighted by atomic mass is 10.2. The van der Waals surface area contributed by atoms with Crippen LogP contribution in [0, 0.1) is 0 Å². The van der Waals surface area contributed by atoms with E-state index >= 15 is 0 Å². The lowest BCUT2D eigenvalue weighted by molar-refractivity contribution is 0.103. The summed E-state index contributed by atoms with van der Waals surface area (Å²) in [6, 6.07) is 12.6. The number of hydrogen-bond donors (Lipinski definition) is 2. The van der Waals surface area contributed by atoms with Crippen LogP contribution >= 0.6 is 34.9 Å². The van der Waals surface area contributed by atoms with Crippen LogP contribution in [0.4, 0.5) is 11.4 Å². The molecule has 0 aliphatic rings. The molecule has 156 valence electrons. The molecule has 4 rings (SSSR count). The van der Waals surface area contributed by atoms with Gasteiger partial charge in [0.1, 0.15) is 5.69 Å². The smallest absolute Gasteiger partial charge is 0.321 e. The van der Waals surface area contributed by atoms with Crippen LogP contribution in [0.1, 0.15) is 9.67 Å². The molecule has 1 aromatic carbocycles. The highest BCUT2D eigenvalue weighted by atomic mass is 35.5. The maximum absolute atomic E-state index is 12.8. The van der Waals surface area contributed by atoms with Crippen LogP contribution in [-0.2, 0) is 0 Å². The van der Waals surface area contributed by atoms with E-state index < -0.39 is 0 Å². The molecular formula is C21H16ClN5O2S2. The van der Waals surface area contributed by atoms with Gasteiger partial charge in [0.25, 0.3) is 5.91 Å². The Kier molecular flexibility index (Phi) is 6.66. The van der Waals surface area contributed by atoms with E-state index in [2.05, 4.69) is 25.0 Å². The number of carbonyl (C=O) groups is 1. The number of anilines is 2. The number of amides is 1. The van der Waals surface area contributed by atoms with E-state index in [9.17, 15) is 4.79 Å². The molecule has 3 aromatic heterocycles. The first-order valence-corrected chi connectivity index (χ1v) is 11.5. The summed E-state index contributed by atoms with van der Waals surface area (Å²) in [7, 11) is 0. The van der Waals surface area contributed by atoms with Crippen molar-refractivity contribution in [3.63, 3.8) is 0 Å². The Morgan fingerprint density at radius 3 is 2.65 bits per heavy atom. The maximum atomic E-state index is 12.8. The molecule has 0 bridgehead atoms. The summed E-state index contributed by atoms with van der Waals surface area (Å²) in [5.74, 6) is 0.263. The molecule has 0 radical (unpaired) electrons. The number of nitrogens with one attached hydrogen (secondary N) is 2. The van der Waals surface area contributed by atoms with Crippen molar-refractivity contribution in [1.82, 2.24) is 15.0 Å². The number of rotatable bonds is 7. The van der Waals surface area contributed by atoms with Gasteiger partial charge in [0, 0.05) is 52.2 Å². The van der Waals surface area contributed by atoms with Crippen LogP contribution in [0.15, 0.2) is 66.4 Å². The first kappa shape index (κ1) is 21.1. The topological polar surface area (TPSA) is 89.0 Å². The Balaban J connectivity index is 1.54. The van der Waals surface area contributed by atoms with E-state index in [0.29, 0.717) is 27.0 Å². The van der Waals surface area contributed by atoms with Gasteiger partial charge >= 0.3 is 6.01 Å². The van der Waals surface area contributed by atoms with Crippen molar-refractivity contribution in [3.8, 4) is 23.0 Å². The summed E-state index contributed by atoms with van der Waals surface area (Å²) in [5, 5.41) is 5.27. The fraction of sp³-hybridized carbons (Fsp3) is 0.0476. The Hall–Kier alpha value is -3.14. The summed E-state index contributed by atoms with van der Waals surface area (Å²) in [6.07, 6.45) is 6.77. The predicted molar refractivity (Wildman–Crippen MR) is 126 cm³/mol. The highest BCUT2D eigenvalue weighted by molar-refractivity contribution is 7.99. The average molecular weight is 470 g/mol. The largest absolute Gasteiger partial charge is 0.422 e. The fourth-order valence-electron chi connectivity index (χ4n) is 2.74. The van der Waals surface area contributed by atoms with Crippen LogP contribution in [-0.4, -0.2) is 27.1 Å². The number of hydrogen-bond acceptors (Lipinski definition) is 8. The lowest BCUT2D eigenvalue weighted by Gasteiger charge is -2.08. The number of benzene rings is 1. The van der Waals surface area contributed by atoms with Gasteiger partial charge in [-0.15, -0.1) is 11.3 Å². The second-order valence-corrected chi connectivity index (χ2v) is 8.13. The number of halogens is 1. The molecule has 3 heterocycles. The number of carbonyl (C=O) groups excluding carboxylic acids is 1. The molecule has 0 fully saturated rings. The van der Waals surface area contributed by atoms with Crippen LogP contribution in [0.5, 0.6) is 11.8 Å². The Labute approximate surface area is 192 Å². The van der Waals surface area contributed by atoms with Crippen LogP contribution in [0.3, 0.4) is 0 Å². The summed E-state index contributed by atoms with van der Waals surface area (Å²) >= 11 is 8.91. The van der Waals surface area contributed by atoms with Gasteiger partial charge in [-0.1, -0.05) is 23.5 Å². The van der Waals surface area contributed by atoms with Crippen LogP contribution in [0.2, 0.25) is 5.02 Å². The molecule has 0 spiro atoms. The SMILES string of the molecule is CSNc1cc(Cl)cc(NC(=O)c2cc(-c3ncccc3Oc3ncccn3)cs2)c1. The van der Waals surface area contributed by atoms with E-state index in [0.717, 1.165) is 11.3 Å². The predicted octanol–water partition coefficient (Wildman–Crippen LogP) is 5.99. The first-order valence-electron chi connectivity index (χ1n) is 9.02. The van der Waals surface area contributed by atoms with Crippen molar-refractivity contribution >= 4 is 52.2 Å². The molecule has 0 unspecified atom stereocenters. The minimum atomic E-state index is -0.238. The van der Waals surface area contributed by atoms with Crippen molar-refractivity contribution in [2.45, 2.75) is 0 Å². The fourth-order valence-corrected chi connectivity index (χ4v) is 4.11. The molecule has 0 aliphatic carbocycles. The molecule has 0 aliphatic heterocycles. The zero-order valence-corrected chi connectivity index (χ0v) is 18.6. The van der Waals surface area contributed by atoms with Crippen molar-refractivity contribution in [2.24, 2.45) is 0 Å². The van der Waals surface area contributed by atoms with Gasteiger partial charge < -0.3 is 14.8 Å². The Morgan fingerprint density at radius 1 is 1.06 bits per heavy atom. The molecule has 4 aromatic rings. The van der Waals surface area contributed by atoms with E-state index in [1.54, 1.807) is 55.0 Å². The minimum Gasteiger partial charge on any atom is -0.422 e. The molecule has 0 saturated heterocycles. The summed E-state index contributed by atoms with van der Waals surface area (Å²) in [6.45, 7) is 0. The third-order valence-corrected chi connectivity index (χ3v) is 5.57. The standard InChI is InChI=1S/C21H16ClN5O2S2/c1-30-27-16-10-14(22)9-15(11-16)26-20(28)18-8-13(12-31-18)19-17(4-2-5-23-19)29-21-24-6-3-7-25-21/h2-12,27H,1H3,(H,26,28). The van der Waals surface area contributed by atoms with Gasteiger partial charge in [0.2, 0.25) is 0 Å². The van der Waals surface area contributed by atoms with Crippen molar-refractivity contribution in [2.75, 3.05) is 16.3 Å². The molecule has 7 nitrogen and oxygen atoms in total. The highest BCUT2D eigenvalue weighted by Crippen LogP contribution is 2.33. The monoisotopic (exact) mass is 469 g/mol.